The van der Waals surface area contributed by atoms with Gasteiger partial charge in [0.1, 0.15) is 0 Å². The molecule has 0 aliphatic heterocycles. The van der Waals surface area contributed by atoms with Gasteiger partial charge in [0.2, 0.25) is 5.91 Å². The maximum atomic E-state index is 11.7. The molecule has 0 spiro atoms. The van der Waals surface area contributed by atoms with Crippen LogP contribution in [-0.4, -0.2) is 18.5 Å². The van der Waals surface area contributed by atoms with E-state index >= 15 is 0 Å². The highest BCUT2D eigenvalue weighted by atomic mass is 16.2. The van der Waals surface area contributed by atoms with Gasteiger partial charge < -0.3 is 11.1 Å². The summed E-state index contributed by atoms with van der Waals surface area (Å²) in [5, 5.41) is 3.07. The summed E-state index contributed by atoms with van der Waals surface area (Å²) < 4.78 is 0. The molecule has 92 valence electrons. The van der Waals surface area contributed by atoms with Crippen molar-refractivity contribution in [3.8, 4) is 0 Å². The molecule has 2 fully saturated rings. The van der Waals surface area contributed by atoms with Crippen LogP contribution in [0.15, 0.2) is 0 Å². The Kier molecular flexibility index (Phi) is 3.53. The highest BCUT2D eigenvalue weighted by molar-refractivity contribution is 5.81. The topological polar surface area (TPSA) is 55.1 Å². The summed E-state index contributed by atoms with van der Waals surface area (Å²) in [5.74, 6) is 0.942. The molecule has 3 nitrogen and oxygen atoms in total. The van der Waals surface area contributed by atoms with Crippen molar-refractivity contribution < 1.29 is 4.79 Å². The lowest BCUT2D eigenvalue weighted by Gasteiger charge is -2.42. The molecule has 3 heteroatoms. The quantitative estimate of drug-likeness (QED) is 0.723. The van der Waals surface area contributed by atoms with E-state index in [2.05, 4.69) is 12.2 Å². The first-order valence-electron chi connectivity index (χ1n) is 6.71. The van der Waals surface area contributed by atoms with Gasteiger partial charge in [-0.3, -0.25) is 4.79 Å². The first kappa shape index (κ1) is 11.9. The van der Waals surface area contributed by atoms with Crippen molar-refractivity contribution in [2.45, 2.75) is 57.9 Å². The van der Waals surface area contributed by atoms with Crippen LogP contribution < -0.4 is 11.1 Å². The normalized spacial score (nSPS) is 24.6. The lowest BCUT2D eigenvalue weighted by molar-refractivity contribution is -0.123. The number of nitrogens with one attached hydrogen (secondary N) is 1. The van der Waals surface area contributed by atoms with Gasteiger partial charge in [0.15, 0.2) is 0 Å². The van der Waals surface area contributed by atoms with Crippen molar-refractivity contribution in [1.29, 1.82) is 0 Å². The second-order valence-corrected chi connectivity index (χ2v) is 5.60. The summed E-state index contributed by atoms with van der Waals surface area (Å²) in [4.78, 5) is 11.7. The van der Waals surface area contributed by atoms with Gasteiger partial charge in [0.25, 0.3) is 0 Å². The van der Waals surface area contributed by atoms with E-state index in [1.165, 1.54) is 32.1 Å². The summed E-state index contributed by atoms with van der Waals surface area (Å²) in [6, 6.07) is -0.304. The summed E-state index contributed by atoms with van der Waals surface area (Å²) in [6.07, 6.45) is 8.47. The van der Waals surface area contributed by atoms with Crippen LogP contribution in [0.4, 0.5) is 0 Å². The zero-order valence-electron chi connectivity index (χ0n) is 10.3. The zero-order chi connectivity index (χ0) is 11.6. The molecule has 2 aliphatic rings. The van der Waals surface area contributed by atoms with Crippen molar-refractivity contribution >= 4 is 5.91 Å². The van der Waals surface area contributed by atoms with Crippen molar-refractivity contribution in [3.63, 3.8) is 0 Å². The molecule has 0 aromatic rings. The number of carbonyl (C=O) groups excluding carboxylic acids is 1. The van der Waals surface area contributed by atoms with E-state index in [0.717, 1.165) is 25.3 Å². The Labute approximate surface area is 98.2 Å². The standard InChI is InChI=1S/C13H24N2O/c1-2-4-11(14)12(16)15-9-13(7-3-8-13)10-5-6-10/h10-11H,2-9,14H2,1H3,(H,15,16). The molecule has 0 saturated heterocycles. The van der Waals surface area contributed by atoms with Crippen LogP contribution >= 0.6 is 0 Å². The molecule has 2 saturated carbocycles. The third kappa shape index (κ3) is 2.40. The van der Waals surface area contributed by atoms with Crippen molar-refractivity contribution in [2.24, 2.45) is 17.1 Å². The van der Waals surface area contributed by atoms with Gasteiger partial charge in [-0.05, 0) is 43.4 Å². The molecule has 0 bridgehead atoms. The molecule has 0 aromatic carbocycles. The summed E-state index contributed by atoms with van der Waals surface area (Å²) in [7, 11) is 0. The fraction of sp³-hybridized carbons (Fsp3) is 0.923. The number of nitrogens with two attached hydrogens (primary N) is 1. The molecule has 0 aromatic heterocycles. The minimum absolute atomic E-state index is 0.0498. The SMILES string of the molecule is CCCC(N)C(=O)NCC1(C2CC2)CCC1. The van der Waals surface area contributed by atoms with Crippen LogP contribution in [0.1, 0.15) is 51.9 Å². The van der Waals surface area contributed by atoms with Crippen LogP contribution in [0.5, 0.6) is 0 Å². The van der Waals surface area contributed by atoms with E-state index in [9.17, 15) is 4.79 Å². The number of rotatable bonds is 6. The smallest absolute Gasteiger partial charge is 0.236 e. The van der Waals surface area contributed by atoms with E-state index in [0.29, 0.717) is 5.41 Å². The summed E-state index contributed by atoms with van der Waals surface area (Å²) in [6.45, 7) is 2.93. The number of hydrogen-bond acceptors (Lipinski definition) is 2. The van der Waals surface area contributed by atoms with Gasteiger partial charge in [-0.1, -0.05) is 19.8 Å². The second-order valence-electron chi connectivity index (χ2n) is 5.60. The molecule has 0 heterocycles. The number of carbonyl (C=O) groups is 1. The Bertz CT molecular complexity index is 257. The number of amides is 1. The fourth-order valence-electron chi connectivity index (χ4n) is 2.89. The molecule has 16 heavy (non-hydrogen) atoms. The van der Waals surface area contributed by atoms with Crippen molar-refractivity contribution in [1.82, 2.24) is 5.32 Å². The Hall–Kier alpha value is -0.570. The average molecular weight is 224 g/mol. The minimum Gasteiger partial charge on any atom is -0.354 e. The highest BCUT2D eigenvalue weighted by Crippen LogP contribution is 2.56. The molecule has 2 rings (SSSR count). The molecule has 0 radical (unpaired) electrons. The Morgan fingerprint density at radius 3 is 2.62 bits per heavy atom. The molecule has 1 amide bonds. The molecule has 3 N–H and O–H groups in total. The number of hydrogen-bond donors (Lipinski definition) is 2. The van der Waals surface area contributed by atoms with E-state index in [1.807, 2.05) is 0 Å². The average Bonchev–Trinajstić information content (AvgIpc) is 3.00. The minimum atomic E-state index is -0.304. The third-order valence-electron chi connectivity index (χ3n) is 4.34. The second kappa shape index (κ2) is 4.74. The van der Waals surface area contributed by atoms with Gasteiger partial charge in [0.05, 0.1) is 6.04 Å². The van der Waals surface area contributed by atoms with Gasteiger partial charge in [0, 0.05) is 6.54 Å². The highest BCUT2D eigenvalue weighted by Gasteiger charge is 2.48. The molecular weight excluding hydrogens is 200 g/mol. The zero-order valence-corrected chi connectivity index (χ0v) is 10.3. The fourth-order valence-corrected chi connectivity index (χ4v) is 2.89. The van der Waals surface area contributed by atoms with Gasteiger partial charge >= 0.3 is 0 Å². The van der Waals surface area contributed by atoms with Gasteiger partial charge in [-0.2, -0.15) is 0 Å². The largest absolute Gasteiger partial charge is 0.354 e. The molecular formula is C13H24N2O. The van der Waals surface area contributed by atoms with Crippen molar-refractivity contribution in [2.75, 3.05) is 6.54 Å². The van der Waals surface area contributed by atoms with E-state index < -0.39 is 0 Å². The molecule has 1 atom stereocenters. The molecule has 1 unspecified atom stereocenters. The van der Waals surface area contributed by atoms with Gasteiger partial charge in [-0.15, -0.1) is 0 Å². The first-order chi connectivity index (χ1) is 7.68. The lowest BCUT2D eigenvalue weighted by atomic mass is 9.65. The predicted octanol–water partition coefficient (Wildman–Crippen LogP) is 1.81. The first-order valence-corrected chi connectivity index (χ1v) is 6.71. The van der Waals surface area contributed by atoms with Gasteiger partial charge in [-0.25, -0.2) is 0 Å². The summed E-state index contributed by atoms with van der Waals surface area (Å²) >= 11 is 0. The van der Waals surface area contributed by atoms with E-state index in [4.69, 9.17) is 5.73 Å². The Morgan fingerprint density at radius 2 is 2.19 bits per heavy atom. The Morgan fingerprint density at radius 1 is 1.50 bits per heavy atom. The Balaban J connectivity index is 1.75. The van der Waals surface area contributed by atoms with Crippen LogP contribution in [0.2, 0.25) is 0 Å². The van der Waals surface area contributed by atoms with Crippen LogP contribution in [0.3, 0.4) is 0 Å². The maximum Gasteiger partial charge on any atom is 0.236 e. The van der Waals surface area contributed by atoms with Crippen LogP contribution in [0.25, 0.3) is 0 Å². The van der Waals surface area contributed by atoms with E-state index in [1.54, 1.807) is 0 Å². The van der Waals surface area contributed by atoms with Crippen LogP contribution in [0, 0.1) is 11.3 Å². The third-order valence-corrected chi connectivity index (χ3v) is 4.34. The lowest BCUT2D eigenvalue weighted by Crippen LogP contribution is -2.48. The van der Waals surface area contributed by atoms with Crippen molar-refractivity contribution in [3.05, 3.63) is 0 Å². The summed E-state index contributed by atoms with van der Waals surface area (Å²) in [5.41, 5.74) is 6.26. The van der Waals surface area contributed by atoms with Crippen LogP contribution in [-0.2, 0) is 4.79 Å². The monoisotopic (exact) mass is 224 g/mol. The maximum absolute atomic E-state index is 11.7. The van der Waals surface area contributed by atoms with E-state index in [-0.39, 0.29) is 11.9 Å². The predicted molar refractivity (Wildman–Crippen MR) is 64.9 cm³/mol. The molecule has 2 aliphatic carbocycles.